The molecule has 1 heterocycles. The van der Waals surface area contributed by atoms with E-state index in [1.165, 1.54) is 0 Å². The van der Waals surface area contributed by atoms with Crippen LogP contribution in [-0.2, 0) is 6.18 Å². The van der Waals surface area contributed by atoms with Crippen molar-refractivity contribution in [3.8, 4) is 5.88 Å². The van der Waals surface area contributed by atoms with E-state index in [0.29, 0.717) is 0 Å². The topological polar surface area (TPSA) is 59.4 Å². The van der Waals surface area contributed by atoms with E-state index in [1.54, 1.807) is 0 Å². The highest BCUT2D eigenvalue weighted by atomic mass is 28.3. The Hall–Kier alpha value is -1.57. The lowest BCUT2D eigenvalue weighted by Gasteiger charge is -2.16. The predicted molar refractivity (Wildman–Crippen MR) is 69.8 cm³/mol. The molecule has 0 atom stereocenters. The van der Waals surface area contributed by atoms with Gasteiger partial charge in [-0.3, -0.25) is 0 Å². The van der Waals surface area contributed by atoms with E-state index < -0.39 is 31.5 Å². The lowest BCUT2D eigenvalue weighted by Crippen LogP contribution is -2.23. The number of pyridine rings is 1. The Bertz CT molecular complexity index is 498. The van der Waals surface area contributed by atoms with Gasteiger partial charge in [-0.05, 0) is 12.1 Å². The summed E-state index contributed by atoms with van der Waals surface area (Å²) >= 11 is 0. The fourth-order valence-electron chi connectivity index (χ4n) is 1.37. The summed E-state index contributed by atoms with van der Waals surface area (Å²) in [5, 5.41) is 8.73. The number of hydrogen-bond acceptors (Lipinski definition) is 3. The molecule has 0 aliphatic heterocycles. The van der Waals surface area contributed by atoms with Crippen molar-refractivity contribution in [2.45, 2.75) is 31.9 Å². The van der Waals surface area contributed by atoms with Crippen molar-refractivity contribution >= 4 is 14.0 Å². The standard InChI is InChI=1S/C12H16F3NO3Si/c1-20(2,3)7-6-19-9-5-4-8(11(17)18)10(16-9)12(13,14)15/h4-5H,6-7H2,1-3H3,(H,17,18). The van der Waals surface area contributed by atoms with E-state index in [9.17, 15) is 18.0 Å². The van der Waals surface area contributed by atoms with E-state index in [-0.39, 0.29) is 12.5 Å². The number of carboxylic acids is 1. The number of hydrogen-bond donors (Lipinski definition) is 1. The molecule has 1 rings (SSSR count). The van der Waals surface area contributed by atoms with E-state index >= 15 is 0 Å². The van der Waals surface area contributed by atoms with Gasteiger partial charge < -0.3 is 9.84 Å². The van der Waals surface area contributed by atoms with Crippen molar-refractivity contribution in [2.75, 3.05) is 6.61 Å². The minimum atomic E-state index is -4.83. The summed E-state index contributed by atoms with van der Waals surface area (Å²) in [4.78, 5) is 14.0. The van der Waals surface area contributed by atoms with Crippen molar-refractivity contribution in [1.29, 1.82) is 0 Å². The second-order valence-corrected chi connectivity index (χ2v) is 11.1. The monoisotopic (exact) mass is 307 g/mol. The molecule has 0 fully saturated rings. The van der Waals surface area contributed by atoms with Gasteiger partial charge in [-0.15, -0.1) is 0 Å². The van der Waals surface area contributed by atoms with Gasteiger partial charge in [0.2, 0.25) is 5.88 Å². The second-order valence-electron chi connectivity index (χ2n) is 5.51. The van der Waals surface area contributed by atoms with E-state index in [4.69, 9.17) is 9.84 Å². The summed E-state index contributed by atoms with van der Waals surface area (Å²) in [5.74, 6) is -1.88. The van der Waals surface area contributed by atoms with E-state index in [2.05, 4.69) is 24.6 Å². The molecule has 0 unspecified atom stereocenters. The molecule has 20 heavy (non-hydrogen) atoms. The number of carbonyl (C=O) groups is 1. The van der Waals surface area contributed by atoms with Crippen LogP contribution in [0.4, 0.5) is 13.2 Å². The minimum absolute atomic E-state index is 0.208. The van der Waals surface area contributed by atoms with Gasteiger partial charge >= 0.3 is 12.1 Å². The number of carboxylic acid groups (broad SMARTS) is 1. The second kappa shape index (κ2) is 5.82. The molecule has 0 aromatic carbocycles. The SMILES string of the molecule is C[Si](C)(C)CCOc1ccc(C(=O)O)c(C(F)(F)F)n1. The third-order valence-corrected chi connectivity index (χ3v) is 4.17. The van der Waals surface area contributed by atoms with Crippen molar-refractivity contribution in [2.24, 2.45) is 0 Å². The Kier molecular flexibility index (Phi) is 4.80. The van der Waals surface area contributed by atoms with Gasteiger partial charge in [0.05, 0.1) is 12.2 Å². The zero-order valence-electron chi connectivity index (χ0n) is 11.4. The molecule has 1 aromatic rings. The largest absolute Gasteiger partial charge is 0.478 e. The Balaban J connectivity index is 2.93. The molecular formula is C12H16F3NO3Si. The molecule has 0 bridgehead atoms. The smallest absolute Gasteiger partial charge is 0.434 e. The van der Waals surface area contributed by atoms with Gasteiger partial charge in [0.1, 0.15) is 0 Å². The van der Waals surface area contributed by atoms with Gasteiger partial charge in [-0.1, -0.05) is 19.6 Å². The zero-order chi connectivity index (χ0) is 15.6. The highest BCUT2D eigenvalue weighted by molar-refractivity contribution is 6.76. The Morgan fingerprint density at radius 1 is 1.35 bits per heavy atom. The number of aromatic nitrogens is 1. The van der Waals surface area contributed by atoms with Crippen LogP contribution < -0.4 is 4.74 Å². The lowest BCUT2D eigenvalue weighted by molar-refractivity contribution is -0.141. The molecule has 112 valence electrons. The Labute approximate surface area is 115 Å². The third-order valence-electron chi connectivity index (χ3n) is 2.47. The number of rotatable bonds is 5. The first kappa shape index (κ1) is 16.5. The molecule has 4 nitrogen and oxygen atoms in total. The molecule has 8 heteroatoms. The Morgan fingerprint density at radius 2 is 1.95 bits per heavy atom. The number of nitrogens with zero attached hydrogens (tertiary/aromatic N) is 1. The van der Waals surface area contributed by atoms with Gasteiger partial charge in [0.25, 0.3) is 0 Å². The van der Waals surface area contributed by atoms with Crippen LogP contribution in [-0.4, -0.2) is 30.7 Å². The van der Waals surface area contributed by atoms with Gasteiger partial charge in [0, 0.05) is 14.1 Å². The fraction of sp³-hybridized carbons (Fsp3) is 0.500. The van der Waals surface area contributed by atoms with Gasteiger partial charge in [-0.2, -0.15) is 13.2 Å². The van der Waals surface area contributed by atoms with Crippen LogP contribution in [0.25, 0.3) is 0 Å². The zero-order valence-corrected chi connectivity index (χ0v) is 12.4. The van der Waals surface area contributed by atoms with Crippen molar-refractivity contribution < 1.29 is 27.8 Å². The molecule has 0 saturated carbocycles. The maximum atomic E-state index is 12.7. The van der Waals surface area contributed by atoms with Gasteiger partial charge in [-0.25, -0.2) is 9.78 Å². The van der Waals surface area contributed by atoms with Crippen molar-refractivity contribution in [3.63, 3.8) is 0 Å². The van der Waals surface area contributed by atoms with Crippen molar-refractivity contribution in [1.82, 2.24) is 4.98 Å². The quantitative estimate of drug-likeness (QED) is 0.846. The van der Waals surface area contributed by atoms with Crippen LogP contribution in [0.15, 0.2) is 12.1 Å². The molecule has 1 aromatic heterocycles. The maximum Gasteiger partial charge on any atom is 0.434 e. The number of aromatic carboxylic acids is 1. The summed E-state index contributed by atoms with van der Waals surface area (Å²) in [7, 11) is -1.36. The van der Waals surface area contributed by atoms with Crippen molar-refractivity contribution in [3.05, 3.63) is 23.4 Å². The molecule has 0 aliphatic carbocycles. The molecule has 0 radical (unpaired) electrons. The average Bonchev–Trinajstić information content (AvgIpc) is 2.25. The molecule has 0 saturated heterocycles. The highest BCUT2D eigenvalue weighted by Gasteiger charge is 2.37. The normalized spacial score (nSPS) is 12.3. The van der Waals surface area contributed by atoms with Gasteiger partial charge in [0.15, 0.2) is 5.69 Å². The number of halogens is 3. The van der Waals surface area contributed by atoms with E-state index in [0.717, 1.165) is 18.2 Å². The number of ether oxygens (including phenoxy) is 1. The summed E-state index contributed by atoms with van der Waals surface area (Å²) in [6, 6.07) is 2.78. The first-order chi connectivity index (χ1) is 9.00. The van der Waals surface area contributed by atoms with E-state index in [1.807, 2.05) is 0 Å². The average molecular weight is 307 g/mol. The maximum absolute atomic E-state index is 12.7. The summed E-state index contributed by atoms with van der Waals surface area (Å²) < 4.78 is 43.4. The van der Waals surface area contributed by atoms with Crippen LogP contribution >= 0.6 is 0 Å². The third kappa shape index (κ3) is 4.84. The van der Waals surface area contributed by atoms with Crippen LogP contribution in [0.2, 0.25) is 25.7 Å². The minimum Gasteiger partial charge on any atom is -0.478 e. The molecule has 1 N–H and O–H groups in total. The summed E-state index contributed by atoms with van der Waals surface area (Å²) in [6.07, 6.45) is -4.83. The summed E-state index contributed by atoms with van der Waals surface area (Å²) in [5.41, 5.74) is -2.31. The summed E-state index contributed by atoms with van der Waals surface area (Å²) in [6.45, 7) is 6.60. The first-order valence-electron chi connectivity index (χ1n) is 5.95. The predicted octanol–water partition coefficient (Wildman–Crippen LogP) is 3.52. The fourth-order valence-corrected chi connectivity index (χ4v) is 2.09. The molecule has 0 aliphatic rings. The molecule has 0 spiro atoms. The number of alkyl halides is 3. The molecular weight excluding hydrogens is 291 g/mol. The molecule has 0 amide bonds. The van der Waals surface area contributed by atoms with Crippen LogP contribution in [0, 0.1) is 0 Å². The van der Waals surface area contributed by atoms with Crippen LogP contribution in [0.5, 0.6) is 5.88 Å². The first-order valence-corrected chi connectivity index (χ1v) is 9.66. The Morgan fingerprint density at radius 3 is 2.40 bits per heavy atom. The van der Waals surface area contributed by atoms with Crippen LogP contribution in [0.1, 0.15) is 16.1 Å². The highest BCUT2D eigenvalue weighted by Crippen LogP contribution is 2.32. The van der Waals surface area contributed by atoms with Crippen LogP contribution in [0.3, 0.4) is 0 Å². The lowest BCUT2D eigenvalue weighted by atomic mass is 10.2.